The van der Waals surface area contributed by atoms with Gasteiger partial charge in [0.15, 0.2) is 6.61 Å². The number of benzene rings is 1. The van der Waals surface area contributed by atoms with Crippen molar-refractivity contribution in [2.45, 2.75) is 86.2 Å². The van der Waals surface area contributed by atoms with Gasteiger partial charge in [0, 0.05) is 11.1 Å². The summed E-state index contributed by atoms with van der Waals surface area (Å²) in [6.45, 7) is 13.0. The van der Waals surface area contributed by atoms with Crippen LogP contribution in [0.1, 0.15) is 88.8 Å². The van der Waals surface area contributed by atoms with Crippen molar-refractivity contribution in [3.05, 3.63) is 41.1 Å². The first-order chi connectivity index (χ1) is 16.5. The number of pyridine rings is 1. The van der Waals surface area contributed by atoms with E-state index >= 15 is 0 Å². The molecule has 1 heterocycles. The van der Waals surface area contributed by atoms with Crippen molar-refractivity contribution >= 4 is 22.8 Å². The number of nitrogens with zero attached hydrogens (tertiary/aromatic N) is 1. The number of para-hydroxylation sites is 1. The van der Waals surface area contributed by atoms with Crippen molar-refractivity contribution in [1.82, 2.24) is 4.98 Å². The average molecular weight is 480 g/mol. The second kappa shape index (κ2) is 10.3. The van der Waals surface area contributed by atoms with Gasteiger partial charge in [-0.15, -0.1) is 0 Å². The highest BCUT2D eigenvalue weighted by molar-refractivity contribution is 6.05. The first kappa shape index (κ1) is 25.7. The number of ether oxygens (including phenoxy) is 2. The zero-order valence-electron chi connectivity index (χ0n) is 22.2. The van der Waals surface area contributed by atoms with Crippen LogP contribution in [-0.4, -0.2) is 29.6 Å². The van der Waals surface area contributed by atoms with E-state index in [1.807, 2.05) is 24.3 Å². The molecule has 4 rings (SSSR count). The van der Waals surface area contributed by atoms with E-state index in [0.717, 1.165) is 54.3 Å². The molecular weight excluding hydrogens is 438 g/mol. The zero-order chi connectivity index (χ0) is 25.3. The Kier molecular flexibility index (Phi) is 7.54. The van der Waals surface area contributed by atoms with E-state index in [1.165, 1.54) is 6.42 Å². The van der Waals surface area contributed by atoms with Crippen molar-refractivity contribution in [2.24, 2.45) is 29.1 Å². The lowest BCUT2D eigenvalue weighted by molar-refractivity contribution is -0.159. The monoisotopic (exact) mass is 479 g/mol. The maximum Gasteiger partial charge on any atom is 0.344 e. The number of aromatic nitrogens is 1. The van der Waals surface area contributed by atoms with E-state index in [1.54, 1.807) is 0 Å². The number of aryl methyl sites for hydroxylation is 1. The normalized spacial score (nSPS) is 24.8. The molecule has 1 saturated carbocycles. The van der Waals surface area contributed by atoms with E-state index in [0.29, 0.717) is 29.2 Å². The molecule has 0 saturated heterocycles. The van der Waals surface area contributed by atoms with Crippen LogP contribution >= 0.6 is 0 Å². The zero-order valence-corrected chi connectivity index (χ0v) is 22.2. The molecule has 0 bridgehead atoms. The van der Waals surface area contributed by atoms with Gasteiger partial charge >= 0.3 is 11.9 Å². The van der Waals surface area contributed by atoms with Gasteiger partial charge in [-0.1, -0.05) is 66.2 Å². The molecule has 0 radical (unpaired) electrons. The van der Waals surface area contributed by atoms with Crippen molar-refractivity contribution in [3.63, 3.8) is 0 Å². The topological polar surface area (TPSA) is 65.5 Å². The van der Waals surface area contributed by atoms with Crippen LogP contribution in [-0.2, 0) is 27.1 Å². The fourth-order valence-electron chi connectivity index (χ4n) is 6.01. The van der Waals surface area contributed by atoms with Gasteiger partial charge in [0.25, 0.3) is 0 Å². The van der Waals surface area contributed by atoms with E-state index in [9.17, 15) is 9.59 Å². The predicted molar refractivity (Wildman–Crippen MR) is 138 cm³/mol. The molecule has 0 spiro atoms. The fraction of sp³-hybridized carbons (Fsp3) is 0.633. The summed E-state index contributed by atoms with van der Waals surface area (Å²) in [5, 5.41) is 0.792. The second-order valence-corrected chi connectivity index (χ2v) is 12.2. The molecule has 2 aliphatic rings. The Bertz CT molecular complexity index is 1080. The van der Waals surface area contributed by atoms with Gasteiger partial charge in [-0.3, -0.25) is 4.98 Å². The molecule has 5 heteroatoms. The predicted octanol–water partition coefficient (Wildman–Crippen LogP) is 6.55. The minimum absolute atomic E-state index is 0.105. The smallest absolute Gasteiger partial charge is 0.344 e. The van der Waals surface area contributed by atoms with E-state index < -0.39 is 11.9 Å². The third kappa shape index (κ3) is 5.70. The van der Waals surface area contributed by atoms with Gasteiger partial charge in [0.1, 0.15) is 6.10 Å². The van der Waals surface area contributed by atoms with Crippen molar-refractivity contribution in [1.29, 1.82) is 0 Å². The highest BCUT2D eigenvalue weighted by Crippen LogP contribution is 2.40. The third-order valence-electron chi connectivity index (χ3n) is 8.25. The lowest BCUT2D eigenvalue weighted by Crippen LogP contribution is -2.37. The number of hydrogen-bond acceptors (Lipinski definition) is 5. The summed E-state index contributed by atoms with van der Waals surface area (Å²) < 4.78 is 11.5. The van der Waals surface area contributed by atoms with Crippen LogP contribution in [0.3, 0.4) is 0 Å². The standard InChI is InChI=1S/C30H41NO4/c1-18(2)21-13-11-19(3)15-26(21)35-27(32)17-34-29(33)28-22-9-7-8-10-24(22)31-25-14-12-20(16-23(25)28)30(4,5)6/h7-10,18-21,26H,11-17H2,1-6H3/t19-,20-,21-,26+/m1/s1. The van der Waals surface area contributed by atoms with Crippen LogP contribution in [0, 0.1) is 29.1 Å². The van der Waals surface area contributed by atoms with Crippen LogP contribution in [0.15, 0.2) is 24.3 Å². The Balaban J connectivity index is 1.53. The summed E-state index contributed by atoms with van der Waals surface area (Å²) in [6.07, 6.45) is 5.70. The molecule has 4 atom stereocenters. The summed E-state index contributed by atoms with van der Waals surface area (Å²) >= 11 is 0. The third-order valence-corrected chi connectivity index (χ3v) is 8.25. The molecule has 0 aliphatic heterocycles. The van der Waals surface area contributed by atoms with Gasteiger partial charge in [0.2, 0.25) is 0 Å². The summed E-state index contributed by atoms with van der Waals surface area (Å²) in [5.74, 6) is 0.892. The summed E-state index contributed by atoms with van der Waals surface area (Å²) in [4.78, 5) is 31.1. The molecule has 0 N–H and O–H groups in total. The lowest BCUT2D eigenvalue weighted by atomic mass is 9.70. The average Bonchev–Trinajstić information content (AvgIpc) is 2.79. The Hall–Kier alpha value is -2.43. The number of fused-ring (bicyclic) bond motifs is 2. The molecule has 2 aromatic rings. The Morgan fingerprint density at radius 2 is 1.86 bits per heavy atom. The van der Waals surface area contributed by atoms with Crippen molar-refractivity contribution in [2.75, 3.05) is 6.61 Å². The molecule has 5 nitrogen and oxygen atoms in total. The highest BCUT2D eigenvalue weighted by atomic mass is 16.6. The quantitative estimate of drug-likeness (QED) is 0.455. The van der Waals surface area contributed by atoms with Gasteiger partial charge in [0.05, 0.1) is 11.1 Å². The molecule has 190 valence electrons. The number of carbonyl (C=O) groups excluding carboxylic acids is 2. The molecule has 2 aliphatic carbocycles. The fourth-order valence-corrected chi connectivity index (χ4v) is 6.01. The van der Waals surface area contributed by atoms with Crippen LogP contribution in [0.25, 0.3) is 10.9 Å². The van der Waals surface area contributed by atoms with Crippen molar-refractivity contribution in [3.8, 4) is 0 Å². The molecule has 0 unspecified atom stereocenters. The molecule has 1 fully saturated rings. The Labute approximate surface area is 210 Å². The Morgan fingerprint density at radius 1 is 1.11 bits per heavy atom. The second-order valence-electron chi connectivity index (χ2n) is 12.2. The summed E-state index contributed by atoms with van der Waals surface area (Å²) in [5.41, 5.74) is 3.46. The van der Waals surface area contributed by atoms with E-state index in [-0.39, 0.29) is 18.1 Å². The molecule has 0 amide bonds. The van der Waals surface area contributed by atoms with E-state index in [4.69, 9.17) is 14.5 Å². The first-order valence-corrected chi connectivity index (χ1v) is 13.3. The number of rotatable bonds is 5. The van der Waals surface area contributed by atoms with Gasteiger partial charge in [-0.05, 0) is 72.8 Å². The van der Waals surface area contributed by atoms with Crippen LogP contribution in [0.2, 0.25) is 0 Å². The Morgan fingerprint density at radius 3 is 2.57 bits per heavy atom. The maximum absolute atomic E-state index is 13.5. The van der Waals surface area contributed by atoms with Gasteiger partial charge in [-0.2, -0.15) is 0 Å². The lowest BCUT2D eigenvalue weighted by Gasteiger charge is -2.36. The van der Waals surface area contributed by atoms with Crippen LogP contribution in [0.5, 0.6) is 0 Å². The largest absolute Gasteiger partial charge is 0.460 e. The maximum atomic E-state index is 13.5. The number of esters is 2. The van der Waals surface area contributed by atoms with Gasteiger partial charge in [-0.25, -0.2) is 9.59 Å². The molecular formula is C30H41NO4. The van der Waals surface area contributed by atoms with Crippen molar-refractivity contribution < 1.29 is 19.1 Å². The van der Waals surface area contributed by atoms with Gasteiger partial charge < -0.3 is 9.47 Å². The molecule has 35 heavy (non-hydrogen) atoms. The molecule has 1 aromatic carbocycles. The number of hydrogen-bond donors (Lipinski definition) is 0. The summed E-state index contributed by atoms with van der Waals surface area (Å²) in [7, 11) is 0. The van der Waals surface area contributed by atoms with Crippen LogP contribution in [0.4, 0.5) is 0 Å². The number of carbonyl (C=O) groups is 2. The first-order valence-electron chi connectivity index (χ1n) is 13.3. The minimum atomic E-state index is -0.456. The summed E-state index contributed by atoms with van der Waals surface area (Å²) in [6, 6.07) is 7.72. The SMILES string of the molecule is CC(C)[C@H]1CC[C@@H](C)C[C@@H]1OC(=O)COC(=O)c1c2c(nc3ccccc13)CC[C@@H](C(C)(C)C)C2. The highest BCUT2D eigenvalue weighted by Gasteiger charge is 2.35. The molecule has 1 aromatic heterocycles. The van der Waals surface area contributed by atoms with Crippen LogP contribution < -0.4 is 0 Å². The minimum Gasteiger partial charge on any atom is -0.460 e. The van der Waals surface area contributed by atoms with E-state index in [2.05, 4.69) is 41.5 Å².